The molecule has 8 heteroatoms. The van der Waals surface area contributed by atoms with E-state index in [9.17, 15) is 4.79 Å². The van der Waals surface area contributed by atoms with E-state index in [1.807, 2.05) is 0 Å². The highest BCUT2D eigenvalue weighted by molar-refractivity contribution is 5.86. The summed E-state index contributed by atoms with van der Waals surface area (Å²) >= 11 is 0. The molecule has 1 N–H and O–H groups in total. The molecule has 1 saturated heterocycles. The van der Waals surface area contributed by atoms with Gasteiger partial charge in [-0.25, -0.2) is 9.48 Å². The minimum absolute atomic E-state index is 0.00309. The van der Waals surface area contributed by atoms with Crippen molar-refractivity contribution in [2.24, 2.45) is 0 Å². The quantitative estimate of drug-likeness (QED) is 0.751. The fraction of sp³-hybridized carbons (Fsp3) is 0.769. The molecule has 1 aliphatic rings. The Hall–Kier alpha value is -1.51. The first-order valence-corrected chi connectivity index (χ1v) is 7.14. The minimum Gasteiger partial charge on any atom is -0.476 e. The maximum Gasteiger partial charge on any atom is 0.358 e. The van der Waals surface area contributed by atoms with Crippen LogP contribution in [-0.2, 0) is 22.4 Å². The SMILES string of the molecule is CCN1CCOC(Cn2nnc(C(=O)O)c2CCOC)C1. The normalized spacial score (nSPS) is 19.8. The zero-order valence-electron chi connectivity index (χ0n) is 12.5. The smallest absolute Gasteiger partial charge is 0.358 e. The fourth-order valence-corrected chi connectivity index (χ4v) is 2.46. The maximum absolute atomic E-state index is 11.2. The summed E-state index contributed by atoms with van der Waals surface area (Å²) in [5.41, 5.74) is 0.580. The van der Waals surface area contributed by atoms with Crippen molar-refractivity contribution in [2.75, 3.05) is 40.0 Å². The van der Waals surface area contributed by atoms with E-state index in [-0.39, 0.29) is 11.8 Å². The van der Waals surface area contributed by atoms with Crippen LogP contribution in [0.3, 0.4) is 0 Å². The van der Waals surface area contributed by atoms with Gasteiger partial charge in [-0.1, -0.05) is 12.1 Å². The van der Waals surface area contributed by atoms with Gasteiger partial charge in [0.1, 0.15) is 0 Å². The molecule has 0 saturated carbocycles. The number of carboxylic acid groups (broad SMARTS) is 1. The summed E-state index contributed by atoms with van der Waals surface area (Å²) in [4.78, 5) is 13.5. The third-order valence-electron chi connectivity index (χ3n) is 3.63. The Morgan fingerprint density at radius 2 is 2.38 bits per heavy atom. The van der Waals surface area contributed by atoms with Gasteiger partial charge in [0.05, 0.1) is 31.6 Å². The minimum atomic E-state index is -1.06. The molecule has 1 atom stereocenters. The molecule has 2 rings (SSSR count). The zero-order valence-corrected chi connectivity index (χ0v) is 12.5. The molecule has 0 amide bonds. The van der Waals surface area contributed by atoms with E-state index in [1.165, 1.54) is 0 Å². The Morgan fingerprint density at radius 3 is 3.05 bits per heavy atom. The van der Waals surface area contributed by atoms with Crippen molar-refractivity contribution in [1.29, 1.82) is 0 Å². The topological polar surface area (TPSA) is 89.7 Å². The molecule has 1 aliphatic heterocycles. The van der Waals surface area contributed by atoms with Crippen LogP contribution in [0.5, 0.6) is 0 Å². The van der Waals surface area contributed by atoms with Gasteiger partial charge in [0.25, 0.3) is 0 Å². The second kappa shape index (κ2) is 7.48. The molecular formula is C13H22N4O4. The first-order chi connectivity index (χ1) is 10.2. The number of hydrogen-bond acceptors (Lipinski definition) is 6. The summed E-state index contributed by atoms with van der Waals surface area (Å²) in [6.07, 6.45) is 0.471. The molecule has 0 spiro atoms. The molecule has 8 nitrogen and oxygen atoms in total. The van der Waals surface area contributed by atoms with Gasteiger partial charge in [-0.05, 0) is 6.54 Å². The largest absolute Gasteiger partial charge is 0.476 e. The van der Waals surface area contributed by atoms with Crippen LogP contribution < -0.4 is 0 Å². The number of ether oxygens (including phenoxy) is 2. The highest BCUT2D eigenvalue weighted by Gasteiger charge is 2.24. The van der Waals surface area contributed by atoms with Crippen LogP contribution >= 0.6 is 0 Å². The fourth-order valence-electron chi connectivity index (χ4n) is 2.46. The van der Waals surface area contributed by atoms with Crippen molar-refractivity contribution in [2.45, 2.75) is 26.0 Å². The number of likely N-dealkylation sites (N-methyl/N-ethyl adjacent to an activating group) is 1. The standard InChI is InChI=1S/C13H22N4O4/c1-3-16-5-7-21-10(8-16)9-17-11(4-6-20-2)12(13(18)19)14-15-17/h10H,3-9H2,1-2H3,(H,18,19). The molecule has 0 aromatic carbocycles. The van der Waals surface area contributed by atoms with E-state index in [4.69, 9.17) is 14.6 Å². The lowest BCUT2D eigenvalue weighted by Gasteiger charge is -2.32. The van der Waals surface area contributed by atoms with Gasteiger partial charge in [-0.3, -0.25) is 4.90 Å². The van der Waals surface area contributed by atoms with Gasteiger partial charge < -0.3 is 14.6 Å². The van der Waals surface area contributed by atoms with Crippen molar-refractivity contribution < 1.29 is 19.4 Å². The predicted molar refractivity (Wildman–Crippen MR) is 74.4 cm³/mol. The third kappa shape index (κ3) is 3.99. The van der Waals surface area contributed by atoms with E-state index in [1.54, 1.807) is 11.8 Å². The number of methoxy groups -OCH3 is 1. The number of rotatable bonds is 7. The zero-order chi connectivity index (χ0) is 15.2. The van der Waals surface area contributed by atoms with Gasteiger partial charge in [0.2, 0.25) is 0 Å². The van der Waals surface area contributed by atoms with Crippen LogP contribution in [0.15, 0.2) is 0 Å². The van der Waals surface area contributed by atoms with Gasteiger partial charge in [0.15, 0.2) is 5.69 Å². The summed E-state index contributed by atoms with van der Waals surface area (Å²) in [5.74, 6) is -1.06. The number of morpholine rings is 1. The van der Waals surface area contributed by atoms with Crippen LogP contribution in [0.25, 0.3) is 0 Å². The van der Waals surface area contributed by atoms with E-state index in [0.29, 0.717) is 31.9 Å². The Bertz CT molecular complexity index is 477. The third-order valence-corrected chi connectivity index (χ3v) is 3.63. The number of carboxylic acids is 1. The van der Waals surface area contributed by atoms with Crippen molar-refractivity contribution in [3.05, 3.63) is 11.4 Å². The molecule has 0 aliphatic carbocycles. The summed E-state index contributed by atoms with van der Waals surface area (Å²) in [6.45, 7) is 6.48. The van der Waals surface area contributed by atoms with E-state index >= 15 is 0 Å². The Morgan fingerprint density at radius 1 is 1.57 bits per heavy atom. The van der Waals surface area contributed by atoms with Gasteiger partial charge in [0, 0.05) is 26.6 Å². The van der Waals surface area contributed by atoms with E-state index < -0.39 is 5.97 Å². The van der Waals surface area contributed by atoms with Gasteiger partial charge in [-0.15, -0.1) is 5.10 Å². The number of aromatic carboxylic acids is 1. The lowest BCUT2D eigenvalue weighted by molar-refractivity contribution is -0.0364. The van der Waals surface area contributed by atoms with Crippen molar-refractivity contribution in [3.8, 4) is 0 Å². The molecule has 0 bridgehead atoms. The summed E-state index contributed by atoms with van der Waals surface area (Å²) in [6, 6.07) is 0. The maximum atomic E-state index is 11.2. The first kappa shape index (κ1) is 15.9. The van der Waals surface area contributed by atoms with Crippen LogP contribution in [0.1, 0.15) is 23.1 Å². The van der Waals surface area contributed by atoms with Crippen molar-refractivity contribution >= 4 is 5.97 Å². The van der Waals surface area contributed by atoms with Crippen LogP contribution in [-0.4, -0.2) is 77.0 Å². The molecule has 21 heavy (non-hydrogen) atoms. The van der Waals surface area contributed by atoms with Crippen LogP contribution in [0.2, 0.25) is 0 Å². The number of carbonyl (C=O) groups is 1. The second-order valence-electron chi connectivity index (χ2n) is 5.00. The molecule has 2 heterocycles. The monoisotopic (exact) mass is 298 g/mol. The highest BCUT2D eigenvalue weighted by Crippen LogP contribution is 2.12. The van der Waals surface area contributed by atoms with Crippen LogP contribution in [0, 0.1) is 0 Å². The Labute approximate surface area is 123 Å². The molecular weight excluding hydrogens is 276 g/mol. The van der Waals surface area contributed by atoms with E-state index in [2.05, 4.69) is 22.1 Å². The molecule has 1 unspecified atom stereocenters. The lowest BCUT2D eigenvalue weighted by Crippen LogP contribution is -2.44. The average Bonchev–Trinajstić information content (AvgIpc) is 2.88. The van der Waals surface area contributed by atoms with Crippen molar-refractivity contribution in [1.82, 2.24) is 19.9 Å². The molecule has 118 valence electrons. The second-order valence-corrected chi connectivity index (χ2v) is 5.00. The predicted octanol–water partition coefficient (Wildman–Crippen LogP) is -0.114. The summed E-state index contributed by atoms with van der Waals surface area (Å²) < 4.78 is 12.4. The van der Waals surface area contributed by atoms with Crippen LogP contribution in [0.4, 0.5) is 0 Å². The number of hydrogen-bond donors (Lipinski definition) is 1. The molecule has 1 aromatic rings. The first-order valence-electron chi connectivity index (χ1n) is 7.14. The molecule has 0 radical (unpaired) electrons. The average molecular weight is 298 g/mol. The number of aromatic nitrogens is 3. The van der Waals surface area contributed by atoms with Gasteiger partial charge in [-0.2, -0.15) is 0 Å². The summed E-state index contributed by atoms with van der Waals surface area (Å²) in [7, 11) is 1.58. The van der Waals surface area contributed by atoms with Crippen molar-refractivity contribution in [3.63, 3.8) is 0 Å². The van der Waals surface area contributed by atoms with Gasteiger partial charge >= 0.3 is 5.97 Å². The molecule has 1 fully saturated rings. The summed E-state index contributed by atoms with van der Waals surface area (Å²) in [5, 5.41) is 16.9. The highest BCUT2D eigenvalue weighted by atomic mass is 16.5. The Balaban J connectivity index is 2.09. The number of nitrogens with zero attached hydrogens (tertiary/aromatic N) is 4. The Kier molecular flexibility index (Phi) is 5.66. The van der Waals surface area contributed by atoms with E-state index in [0.717, 1.165) is 19.6 Å². The lowest BCUT2D eigenvalue weighted by atomic mass is 10.2. The molecule has 1 aromatic heterocycles.